The third-order valence-electron chi connectivity index (χ3n) is 1.94. The number of nitrogens with zero attached hydrogens (tertiary/aromatic N) is 1. The lowest BCUT2D eigenvalue weighted by Crippen LogP contribution is -1.85. The van der Waals surface area contributed by atoms with Crippen LogP contribution >= 0.6 is 11.3 Å². The van der Waals surface area contributed by atoms with Crippen LogP contribution in [0, 0.1) is 6.92 Å². The quantitative estimate of drug-likeness (QED) is 0.769. The monoisotopic (exact) mass is 193 g/mol. The summed E-state index contributed by atoms with van der Waals surface area (Å²) in [4.78, 5) is 1.26. The summed E-state index contributed by atoms with van der Waals surface area (Å²) in [6.45, 7) is 2.10. The van der Waals surface area contributed by atoms with Crippen molar-refractivity contribution in [3.8, 4) is 10.6 Å². The summed E-state index contributed by atoms with van der Waals surface area (Å²) in [5, 5.41) is 12.2. The molecule has 2 heterocycles. The fourth-order valence-corrected chi connectivity index (χ4v) is 2.11. The molecule has 2 N–H and O–H groups in total. The SMILES string of the molecule is CNc1cc(-c2sccc2C)[nH]n1. The summed E-state index contributed by atoms with van der Waals surface area (Å²) < 4.78 is 0. The van der Waals surface area contributed by atoms with Crippen LogP contribution in [-0.2, 0) is 0 Å². The Morgan fingerprint density at radius 1 is 1.54 bits per heavy atom. The zero-order valence-corrected chi connectivity index (χ0v) is 8.40. The standard InChI is InChI=1S/C9H11N3S/c1-6-3-4-13-9(6)7-5-8(10-2)12-11-7/h3-5H,1-2H3,(H2,10,11,12). The first kappa shape index (κ1) is 8.31. The number of H-pyrrole nitrogens is 1. The van der Waals surface area contributed by atoms with E-state index in [-0.39, 0.29) is 0 Å². The molecule has 0 spiro atoms. The van der Waals surface area contributed by atoms with Crippen molar-refractivity contribution in [2.45, 2.75) is 6.92 Å². The summed E-state index contributed by atoms with van der Waals surface area (Å²) in [5.74, 6) is 0.878. The molecule has 0 aliphatic rings. The Hall–Kier alpha value is -1.29. The van der Waals surface area contributed by atoms with Gasteiger partial charge in [0.2, 0.25) is 0 Å². The normalized spacial score (nSPS) is 10.3. The van der Waals surface area contributed by atoms with E-state index in [0.717, 1.165) is 11.5 Å². The second-order valence-electron chi connectivity index (χ2n) is 2.85. The molecule has 0 saturated carbocycles. The Bertz CT molecular complexity index is 402. The third-order valence-corrected chi connectivity index (χ3v) is 2.99. The van der Waals surface area contributed by atoms with Gasteiger partial charge >= 0.3 is 0 Å². The van der Waals surface area contributed by atoms with Gasteiger partial charge in [-0.25, -0.2) is 0 Å². The van der Waals surface area contributed by atoms with E-state index in [1.54, 1.807) is 11.3 Å². The molecule has 0 bridgehead atoms. The highest BCUT2D eigenvalue weighted by atomic mass is 32.1. The number of thiophene rings is 1. The third kappa shape index (κ3) is 1.45. The van der Waals surface area contributed by atoms with Gasteiger partial charge in [0.15, 0.2) is 0 Å². The maximum Gasteiger partial charge on any atom is 0.148 e. The summed E-state index contributed by atoms with van der Waals surface area (Å²) in [6, 6.07) is 4.12. The zero-order valence-electron chi connectivity index (χ0n) is 7.59. The van der Waals surface area contributed by atoms with E-state index in [4.69, 9.17) is 0 Å². The molecule has 13 heavy (non-hydrogen) atoms. The Morgan fingerprint density at radius 3 is 2.92 bits per heavy atom. The second kappa shape index (κ2) is 3.22. The fraction of sp³-hybridized carbons (Fsp3) is 0.222. The van der Waals surface area contributed by atoms with Crippen LogP contribution in [0.15, 0.2) is 17.5 Å². The van der Waals surface area contributed by atoms with Gasteiger partial charge in [-0.15, -0.1) is 11.3 Å². The van der Waals surface area contributed by atoms with Crippen LogP contribution < -0.4 is 5.32 Å². The van der Waals surface area contributed by atoms with Crippen molar-refractivity contribution in [3.05, 3.63) is 23.1 Å². The highest BCUT2D eigenvalue weighted by Crippen LogP contribution is 2.28. The Balaban J connectivity index is 2.41. The Labute approximate surface area is 80.8 Å². The first-order valence-corrected chi connectivity index (χ1v) is 4.97. The largest absolute Gasteiger partial charge is 0.372 e. The van der Waals surface area contributed by atoms with Crippen molar-refractivity contribution in [2.75, 3.05) is 12.4 Å². The molecule has 68 valence electrons. The van der Waals surface area contributed by atoms with E-state index in [0.29, 0.717) is 0 Å². The van der Waals surface area contributed by atoms with Gasteiger partial charge in [0.25, 0.3) is 0 Å². The van der Waals surface area contributed by atoms with E-state index in [2.05, 4.69) is 33.9 Å². The minimum Gasteiger partial charge on any atom is -0.372 e. The van der Waals surface area contributed by atoms with Gasteiger partial charge in [-0.05, 0) is 23.9 Å². The molecule has 0 atom stereocenters. The first-order chi connectivity index (χ1) is 6.31. The average Bonchev–Trinajstić information content (AvgIpc) is 2.71. The molecule has 0 aliphatic carbocycles. The molecule has 0 radical (unpaired) electrons. The van der Waals surface area contributed by atoms with Crippen molar-refractivity contribution in [3.63, 3.8) is 0 Å². The van der Waals surface area contributed by atoms with Gasteiger partial charge in [-0.3, -0.25) is 5.10 Å². The van der Waals surface area contributed by atoms with Crippen LogP contribution in [0.4, 0.5) is 5.82 Å². The van der Waals surface area contributed by atoms with Crippen molar-refractivity contribution in [1.82, 2.24) is 10.2 Å². The maximum atomic E-state index is 4.10. The van der Waals surface area contributed by atoms with Crippen LogP contribution in [0.3, 0.4) is 0 Å². The number of hydrogen-bond acceptors (Lipinski definition) is 3. The lowest BCUT2D eigenvalue weighted by atomic mass is 10.2. The summed E-state index contributed by atoms with van der Waals surface area (Å²) in [7, 11) is 1.86. The smallest absolute Gasteiger partial charge is 0.148 e. The summed E-state index contributed by atoms with van der Waals surface area (Å²) >= 11 is 1.73. The number of anilines is 1. The highest BCUT2D eigenvalue weighted by Gasteiger charge is 2.05. The van der Waals surface area contributed by atoms with Gasteiger partial charge in [0.1, 0.15) is 5.82 Å². The minimum absolute atomic E-state index is 0.878. The first-order valence-electron chi connectivity index (χ1n) is 4.09. The van der Waals surface area contributed by atoms with Gasteiger partial charge in [-0.1, -0.05) is 0 Å². The number of aryl methyl sites for hydroxylation is 1. The molecule has 2 rings (SSSR count). The fourth-order valence-electron chi connectivity index (χ4n) is 1.21. The van der Waals surface area contributed by atoms with Gasteiger partial charge in [0.05, 0.1) is 10.6 Å². The van der Waals surface area contributed by atoms with Gasteiger partial charge in [-0.2, -0.15) is 5.10 Å². The molecule has 0 saturated heterocycles. The number of aromatic amines is 1. The van der Waals surface area contributed by atoms with E-state index in [9.17, 15) is 0 Å². The van der Waals surface area contributed by atoms with Crippen molar-refractivity contribution >= 4 is 17.2 Å². The molecule has 4 heteroatoms. The minimum atomic E-state index is 0.878. The lowest BCUT2D eigenvalue weighted by Gasteiger charge is -1.92. The Kier molecular flexibility index (Phi) is 2.06. The van der Waals surface area contributed by atoms with Crippen LogP contribution in [0.5, 0.6) is 0 Å². The van der Waals surface area contributed by atoms with Crippen LogP contribution in [0.1, 0.15) is 5.56 Å². The van der Waals surface area contributed by atoms with E-state index in [1.165, 1.54) is 10.4 Å². The van der Waals surface area contributed by atoms with E-state index >= 15 is 0 Å². The van der Waals surface area contributed by atoms with Gasteiger partial charge < -0.3 is 5.32 Å². The summed E-state index contributed by atoms with van der Waals surface area (Å²) in [6.07, 6.45) is 0. The van der Waals surface area contributed by atoms with Crippen molar-refractivity contribution < 1.29 is 0 Å². The molecule has 2 aromatic rings. The predicted octanol–water partition coefficient (Wildman–Crippen LogP) is 2.49. The molecule has 0 amide bonds. The zero-order chi connectivity index (χ0) is 9.26. The molecule has 0 aromatic carbocycles. The molecular formula is C9H11N3S. The molecule has 0 unspecified atom stereocenters. The van der Waals surface area contributed by atoms with Crippen molar-refractivity contribution in [2.24, 2.45) is 0 Å². The number of nitrogens with one attached hydrogen (secondary N) is 2. The molecule has 2 aromatic heterocycles. The average molecular weight is 193 g/mol. The molecule has 0 aliphatic heterocycles. The highest BCUT2D eigenvalue weighted by molar-refractivity contribution is 7.13. The van der Waals surface area contributed by atoms with Crippen LogP contribution in [0.25, 0.3) is 10.6 Å². The van der Waals surface area contributed by atoms with Gasteiger partial charge in [0, 0.05) is 13.1 Å². The lowest BCUT2D eigenvalue weighted by molar-refractivity contribution is 1.09. The van der Waals surface area contributed by atoms with E-state index in [1.807, 2.05) is 13.1 Å². The molecule has 3 nitrogen and oxygen atoms in total. The second-order valence-corrected chi connectivity index (χ2v) is 3.77. The Morgan fingerprint density at radius 2 is 2.38 bits per heavy atom. The predicted molar refractivity (Wildman–Crippen MR) is 56.2 cm³/mol. The number of hydrogen-bond donors (Lipinski definition) is 2. The van der Waals surface area contributed by atoms with Crippen LogP contribution in [-0.4, -0.2) is 17.2 Å². The number of rotatable bonds is 2. The van der Waals surface area contributed by atoms with Crippen molar-refractivity contribution in [1.29, 1.82) is 0 Å². The molecular weight excluding hydrogens is 182 g/mol. The maximum absolute atomic E-state index is 4.10. The number of aromatic nitrogens is 2. The topological polar surface area (TPSA) is 40.7 Å². The van der Waals surface area contributed by atoms with Crippen LogP contribution in [0.2, 0.25) is 0 Å². The van der Waals surface area contributed by atoms with E-state index < -0.39 is 0 Å². The summed E-state index contributed by atoms with van der Waals surface area (Å²) in [5.41, 5.74) is 2.37. The molecule has 0 fully saturated rings.